The Labute approximate surface area is 135 Å². The summed E-state index contributed by atoms with van der Waals surface area (Å²) in [6, 6.07) is 8.19. The summed E-state index contributed by atoms with van der Waals surface area (Å²) in [5, 5.41) is 14.7. The van der Waals surface area contributed by atoms with Crippen molar-refractivity contribution in [1.82, 2.24) is 30.1 Å². The van der Waals surface area contributed by atoms with Gasteiger partial charge in [-0.2, -0.15) is 10.1 Å². The lowest BCUT2D eigenvalue weighted by molar-refractivity contribution is 0.314. The van der Waals surface area contributed by atoms with Crippen LogP contribution in [0.5, 0.6) is 0 Å². The van der Waals surface area contributed by atoms with Gasteiger partial charge in [0.25, 0.3) is 0 Å². The highest BCUT2D eigenvalue weighted by Crippen LogP contribution is 2.25. The zero-order valence-corrected chi connectivity index (χ0v) is 12.9. The number of rotatable bonds is 3. The molecular weight excluding hydrogens is 313 g/mol. The minimum atomic E-state index is -0.406. The molecule has 120 valence electrons. The van der Waals surface area contributed by atoms with Crippen LogP contribution < -0.4 is 5.32 Å². The van der Waals surface area contributed by atoms with Crippen LogP contribution >= 0.6 is 0 Å². The largest absolute Gasteiger partial charge is 0.335 e. The molecule has 1 N–H and O–H groups in total. The molecule has 4 rings (SSSR count). The molecule has 0 atom stereocenters. The Bertz CT molecular complexity index is 1040. The molecule has 1 aromatic carbocycles. The van der Waals surface area contributed by atoms with Gasteiger partial charge in [0.2, 0.25) is 11.3 Å². The third kappa shape index (κ3) is 2.35. The van der Waals surface area contributed by atoms with Crippen molar-refractivity contribution in [1.29, 1.82) is 0 Å². The summed E-state index contributed by atoms with van der Waals surface area (Å²) in [4.78, 5) is 8.72. The van der Waals surface area contributed by atoms with E-state index in [-0.39, 0.29) is 17.0 Å². The van der Waals surface area contributed by atoms with E-state index in [0.29, 0.717) is 11.6 Å². The molecule has 3 aromatic heterocycles. The summed E-state index contributed by atoms with van der Waals surface area (Å²) >= 11 is 0. The number of aryl methyl sites for hydroxylation is 2. The second kappa shape index (κ2) is 5.37. The average molecular weight is 325 g/mol. The molecule has 4 aromatic rings. The first-order valence-electron chi connectivity index (χ1n) is 7.17. The van der Waals surface area contributed by atoms with Crippen LogP contribution in [0.15, 0.2) is 35.0 Å². The third-order valence-electron chi connectivity index (χ3n) is 3.43. The number of fused-ring (bicyclic) bond motifs is 1. The third-order valence-corrected chi connectivity index (χ3v) is 3.43. The van der Waals surface area contributed by atoms with Crippen molar-refractivity contribution >= 4 is 22.8 Å². The second-order valence-corrected chi connectivity index (χ2v) is 5.25. The maximum atomic E-state index is 14.0. The Morgan fingerprint density at radius 1 is 1.08 bits per heavy atom. The number of hydrogen-bond donors (Lipinski definition) is 1. The molecule has 0 aliphatic carbocycles. The van der Waals surface area contributed by atoms with E-state index < -0.39 is 5.82 Å². The lowest BCUT2D eigenvalue weighted by Gasteiger charge is -2.11. The fourth-order valence-electron chi connectivity index (χ4n) is 2.39. The summed E-state index contributed by atoms with van der Waals surface area (Å²) in [5.74, 6) is 0.276. The Morgan fingerprint density at radius 3 is 2.54 bits per heavy atom. The van der Waals surface area contributed by atoms with Crippen LogP contribution in [0.4, 0.5) is 15.9 Å². The summed E-state index contributed by atoms with van der Waals surface area (Å²) in [6.07, 6.45) is 0. The lowest BCUT2D eigenvalue weighted by Crippen LogP contribution is -2.09. The maximum absolute atomic E-state index is 14.0. The molecule has 0 saturated carbocycles. The number of halogens is 1. The summed E-state index contributed by atoms with van der Waals surface area (Å²) < 4.78 is 20.2. The van der Waals surface area contributed by atoms with Gasteiger partial charge in [0.05, 0.1) is 11.4 Å². The number of nitrogens with one attached hydrogen (secondary N) is 1. The molecule has 0 fully saturated rings. The summed E-state index contributed by atoms with van der Waals surface area (Å²) in [7, 11) is 0. The van der Waals surface area contributed by atoms with E-state index in [1.165, 1.54) is 6.07 Å². The average Bonchev–Trinajstić information content (AvgIpc) is 3.14. The molecule has 0 spiro atoms. The van der Waals surface area contributed by atoms with E-state index in [9.17, 15) is 4.39 Å². The first-order valence-corrected chi connectivity index (χ1v) is 7.17. The van der Waals surface area contributed by atoms with Crippen LogP contribution in [0.3, 0.4) is 0 Å². The highest BCUT2D eigenvalue weighted by molar-refractivity contribution is 5.73. The Kier molecular flexibility index (Phi) is 3.19. The highest BCUT2D eigenvalue weighted by atomic mass is 19.1. The molecule has 0 radical (unpaired) electrons. The van der Waals surface area contributed by atoms with E-state index in [1.54, 1.807) is 22.9 Å². The number of anilines is 2. The first kappa shape index (κ1) is 14.2. The number of para-hydroxylation sites is 1. The molecule has 24 heavy (non-hydrogen) atoms. The van der Waals surface area contributed by atoms with Gasteiger partial charge in [-0.3, -0.25) is 0 Å². The van der Waals surface area contributed by atoms with Crippen molar-refractivity contribution in [3.05, 3.63) is 47.5 Å². The summed E-state index contributed by atoms with van der Waals surface area (Å²) in [6.45, 7) is 3.76. The molecule has 0 saturated heterocycles. The van der Waals surface area contributed by atoms with E-state index in [2.05, 4.69) is 35.3 Å². The normalized spacial score (nSPS) is 11.1. The smallest absolute Gasteiger partial charge is 0.245 e. The highest BCUT2D eigenvalue weighted by Gasteiger charge is 2.17. The molecule has 0 bridgehead atoms. The minimum absolute atomic E-state index is 0.221. The minimum Gasteiger partial charge on any atom is -0.335 e. The topological polar surface area (TPSA) is 94.5 Å². The second-order valence-electron chi connectivity index (χ2n) is 5.25. The first-order chi connectivity index (χ1) is 11.6. The SMILES string of the molecule is Cc1cc(C)n(-c2nc3nonc3nc2Nc2ccccc2F)n1. The van der Waals surface area contributed by atoms with Gasteiger partial charge in [-0.05, 0) is 42.4 Å². The molecule has 0 aliphatic heterocycles. The molecular formula is C15H12FN7O. The quantitative estimate of drug-likeness (QED) is 0.619. The van der Waals surface area contributed by atoms with Crippen molar-refractivity contribution in [2.75, 3.05) is 5.32 Å². The molecule has 8 nitrogen and oxygen atoms in total. The van der Waals surface area contributed by atoms with E-state index in [1.807, 2.05) is 19.9 Å². The Morgan fingerprint density at radius 2 is 1.83 bits per heavy atom. The van der Waals surface area contributed by atoms with Crippen LogP contribution in [-0.4, -0.2) is 30.1 Å². The van der Waals surface area contributed by atoms with Gasteiger partial charge in [-0.25, -0.2) is 18.7 Å². The Hall–Kier alpha value is -3.36. The Balaban J connectivity index is 1.91. The van der Waals surface area contributed by atoms with Gasteiger partial charge < -0.3 is 5.32 Å². The van der Waals surface area contributed by atoms with Crippen LogP contribution in [0.2, 0.25) is 0 Å². The van der Waals surface area contributed by atoms with Crippen molar-refractivity contribution in [3.8, 4) is 5.82 Å². The van der Waals surface area contributed by atoms with Gasteiger partial charge in [0.15, 0.2) is 11.6 Å². The van der Waals surface area contributed by atoms with Crippen LogP contribution in [-0.2, 0) is 0 Å². The summed E-state index contributed by atoms with van der Waals surface area (Å²) in [5.41, 5.74) is 2.42. The van der Waals surface area contributed by atoms with Crippen LogP contribution in [0.1, 0.15) is 11.4 Å². The van der Waals surface area contributed by atoms with E-state index in [0.717, 1.165) is 11.4 Å². The van der Waals surface area contributed by atoms with Gasteiger partial charge in [0, 0.05) is 5.69 Å². The molecule has 3 heterocycles. The van der Waals surface area contributed by atoms with Crippen molar-refractivity contribution in [3.63, 3.8) is 0 Å². The fraction of sp³-hybridized carbons (Fsp3) is 0.133. The number of aromatic nitrogens is 6. The number of benzene rings is 1. The van der Waals surface area contributed by atoms with Crippen molar-refractivity contribution in [2.24, 2.45) is 0 Å². The zero-order valence-electron chi connectivity index (χ0n) is 12.9. The van der Waals surface area contributed by atoms with E-state index >= 15 is 0 Å². The molecule has 0 unspecified atom stereocenters. The maximum Gasteiger partial charge on any atom is 0.245 e. The molecule has 9 heteroatoms. The van der Waals surface area contributed by atoms with Crippen LogP contribution in [0, 0.1) is 19.7 Å². The van der Waals surface area contributed by atoms with E-state index in [4.69, 9.17) is 0 Å². The van der Waals surface area contributed by atoms with Crippen molar-refractivity contribution < 1.29 is 9.02 Å². The standard InChI is InChI=1S/C15H12FN7O/c1-8-7-9(2)23(20-8)15-14(17-11-6-4-3-5-10(11)16)18-12-13(19-15)22-24-21-12/h3-7H,1-2H3,(H,17,18,21). The lowest BCUT2D eigenvalue weighted by atomic mass is 10.3. The van der Waals surface area contributed by atoms with Crippen LogP contribution in [0.25, 0.3) is 17.1 Å². The zero-order chi connectivity index (χ0) is 16.7. The monoisotopic (exact) mass is 325 g/mol. The fourth-order valence-corrected chi connectivity index (χ4v) is 2.39. The van der Waals surface area contributed by atoms with Gasteiger partial charge in [-0.1, -0.05) is 12.1 Å². The predicted molar refractivity (Wildman–Crippen MR) is 83.7 cm³/mol. The molecule has 0 aliphatic rings. The number of nitrogens with zero attached hydrogens (tertiary/aromatic N) is 6. The van der Waals surface area contributed by atoms with Gasteiger partial charge >= 0.3 is 0 Å². The van der Waals surface area contributed by atoms with Crippen molar-refractivity contribution in [2.45, 2.75) is 13.8 Å². The predicted octanol–water partition coefficient (Wildman–Crippen LogP) is 2.70. The van der Waals surface area contributed by atoms with Gasteiger partial charge in [-0.15, -0.1) is 0 Å². The molecule has 0 amide bonds. The van der Waals surface area contributed by atoms with Gasteiger partial charge in [0.1, 0.15) is 5.82 Å². The number of hydrogen-bond acceptors (Lipinski definition) is 7.